The van der Waals surface area contributed by atoms with Crippen LogP contribution < -0.4 is 5.32 Å². The number of benzene rings is 1. The summed E-state index contributed by atoms with van der Waals surface area (Å²) in [5.74, 6) is -0.752. The van der Waals surface area contributed by atoms with Crippen LogP contribution in [0.2, 0.25) is 0 Å². The molecule has 0 saturated heterocycles. The van der Waals surface area contributed by atoms with Crippen molar-refractivity contribution in [1.82, 2.24) is 0 Å². The van der Waals surface area contributed by atoms with E-state index in [4.69, 9.17) is 0 Å². The summed E-state index contributed by atoms with van der Waals surface area (Å²) in [6.07, 6.45) is 9.77. The lowest BCUT2D eigenvalue weighted by Crippen LogP contribution is -2.18. The van der Waals surface area contributed by atoms with E-state index < -0.39 is 0 Å². The first-order valence-corrected chi connectivity index (χ1v) is 6.55. The average molecular weight is 251 g/mol. The van der Waals surface area contributed by atoms with Crippen LogP contribution in [0.3, 0.4) is 0 Å². The molecule has 1 aliphatic carbocycles. The second kappa shape index (κ2) is 5.98. The summed E-state index contributed by atoms with van der Waals surface area (Å²) in [4.78, 5) is 0. The minimum Gasteiger partial charge on any atom is -0.376 e. The van der Waals surface area contributed by atoms with Gasteiger partial charge in [-0.05, 0) is 37.8 Å². The van der Waals surface area contributed by atoms with Gasteiger partial charge in [0.25, 0.3) is 0 Å². The molecule has 0 aliphatic heterocycles. The topological polar surface area (TPSA) is 12.0 Å². The standard InChI is InChI=1S/C15H19F2N/c1-11-9-14(17)15(10-13(11)16)18-12-7-5-3-2-4-6-8-12/h5,7,9-10,12,18H,2-4,6,8H2,1H3/b7-5+. The van der Waals surface area contributed by atoms with Crippen molar-refractivity contribution in [2.75, 3.05) is 5.32 Å². The summed E-state index contributed by atoms with van der Waals surface area (Å²) in [5, 5.41) is 3.08. The van der Waals surface area contributed by atoms with E-state index in [1.54, 1.807) is 6.92 Å². The molecule has 0 bridgehead atoms. The van der Waals surface area contributed by atoms with Crippen LogP contribution >= 0.6 is 0 Å². The van der Waals surface area contributed by atoms with Crippen molar-refractivity contribution in [2.45, 2.75) is 45.1 Å². The summed E-state index contributed by atoms with van der Waals surface area (Å²) >= 11 is 0. The second-order valence-corrected chi connectivity index (χ2v) is 4.90. The summed E-state index contributed by atoms with van der Waals surface area (Å²) < 4.78 is 27.1. The van der Waals surface area contributed by atoms with Crippen molar-refractivity contribution in [3.8, 4) is 0 Å². The minimum absolute atomic E-state index is 0.0990. The fraction of sp³-hybridized carbons (Fsp3) is 0.467. The fourth-order valence-corrected chi connectivity index (χ4v) is 2.24. The van der Waals surface area contributed by atoms with Crippen molar-refractivity contribution in [3.63, 3.8) is 0 Å². The largest absolute Gasteiger partial charge is 0.376 e. The van der Waals surface area contributed by atoms with Crippen LogP contribution in [0.5, 0.6) is 0 Å². The molecule has 0 fully saturated rings. The Bertz CT molecular complexity index is 440. The number of hydrogen-bond acceptors (Lipinski definition) is 1. The molecule has 1 atom stereocenters. The molecule has 0 aromatic heterocycles. The molecular weight excluding hydrogens is 232 g/mol. The lowest BCUT2D eigenvalue weighted by atomic mass is 10.0. The Morgan fingerprint density at radius 2 is 1.94 bits per heavy atom. The van der Waals surface area contributed by atoms with Crippen LogP contribution in [0, 0.1) is 18.6 Å². The van der Waals surface area contributed by atoms with E-state index in [-0.39, 0.29) is 23.4 Å². The van der Waals surface area contributed by atoms with Gasteiger partial charge in [-0.3, -0.25) is 0 Å². The second-order valence-electron chi connectivity index (χ2n) is 4.90. The zero-order valence-corrected chi connectivity index (χ0v) is 10.7. The quantitative estimate of drug-likeness (QED) is 0.759. The van der Waals surface area contributed by atoms with Gasteiger partial charge in [0.1, 0.15) is 11.6 Å². The third-order valence-corrected chi connectivity index (χ3v) is 3.34. The highest BCUT2D eigenvalue weighted by Gasteiger charge is 2.11. The molecule has 1 N–H and O–H groups in total. The number of aryl methyl sites for hydroxylation is 1. The molecule has 1 aromatic carbocycles. The smallest absolute Gasteiger partial charge is 0.146 e. The van der Waals surface area contributed by atoms with E-state index in [9.17, 15) is 8.78 Å². The van der Waals surface area contributed by atoms with Gasteiger partial charge < -0.3 is 5.32 Å². The van der Waals surface area contributed by atoms with Gasteiger partial charge in [0.15, 0.2) is 0 Å². The van der Waals surface area contributed by atoms with E-state index in [0.717, 1.165) is 19.3 Å². The molecule has 1 aromatic rings. The number of rotatable bonds is 2. The summed E-state index contributed by atoms with van der Waals surface area (Å²) in [5.41, 5.74) is 0.597. The summed E-state index contributed by atoms with van der Waals surface area (Å²) in [7, 11) is 0. The van der Waals surface area contributed by atoms with Crippen molar-refractivity contribution >= 4 is 5.69 Å². The Hall–Kier alpha value is -1.38. The molecule has 3 heteroatoms. The highest BCUT2D eigenvalue weighted by molar-refractivity contribution is 5.48. The van der Waals surface area contributed by atoms with Gasteiger partial charge in [-0.25, -0.2) is 8.78 Å². The van der Waals surface area contributed by atoms with Crippen molar-refractivity contribution in [1.29, 1.82) is 0 Å². The van der Waals surface area contributed by atoms with Gasteiger partial charge >= 0.3 is 0 Å². The predicted octanol–water partition coefficient (Wildman–Crippen LogP) is 4.57. The maximum absolute atomic E-state index is 13.7. The number of anilines is 1. The first-order valence-electron chi connectivity index (χ1n) is 6.55. The van der Waals surface area contributed by atoms with Crippen molar-refractivity contribution < 1.29 is 8.78 Å². The predicted molar refractivity (Wildman–Crippen MR) is 70.7 cm³/mol. The zero-order chi connectivity index (χ0) is 13.0. The summed E-state index contributed by atoms with van der Waals surface area (Å²) in [6.45, 7) is 1.57. The number of hydrogen-bond donors (Lipinski definition) is 1. The van der Waals surface area contributed by atoms with E-state index in [1.165, 1.54) is 25.0 Å². The Balaban J connectivity index is 2.12. The first-order chi connectivity index (χ1) is 8.66. The van der Waals surface area contributed by atoms with Gasteiger partial charge in [-0.1, -0.05) is 25.0 Å². The van der Waals surface area contributed by atoms with Crippen LogP contribution in [0.4, 0.5) is 14.5 Å². The molecule has 0 amide bonds. The van der Waals surface area contributed by atoms with Gasteiger partial charge in [0, 0.05) is 12.1 Å². The van der Waals surface area contributed by atoms with Crippen LogP contribution in [-0.4, -0.2) is 6.04 Å². The third-order valence-electron chi connectivity index (χ3n) is 3.34. The Kier molecular flexibility index (Phi) is 4.34. The van der Waals surface area contributed by atoms with E-state index in [2.05, 4.69) is 17.5 Å². The van der Waals surface area contributed by atoms with Crippen LogP contribution in [-0.2, 0) is 0 Å². The van der Waals surface area contributed by atoms with E-state index >= 15 is 0 Å². The molecule has 98 valence electrons. The first kappa shape index (κ1) is 13.1. The summed E-state index contributed by atoms with van der Waals surface area (Å²) in [6, 6.07) is 2.59. The van der Waals surface area contributed by atoms with Gasteiger partial charge in [-0.15, -0.1) is 0 Å². The fourth-order valence-electron chi connectivity index (χ4n) is 2.24. The number of halogens is 2. The molecule has 0 heterocycles. The van der Waals surface area contributed by atoms with Crippen LogP contribution in [0.25, 0.3) is 0 Å². The Labute approximate surface area is 107 Å². The number of nitrogens with one attached hydrogen (secondary N) is 1. The van der Waals surface area contributed by atoms with Gasteiger partial charge in [-0.2, -0.15) is 0 Å². The monoisotopic (exact) mass is 251 g/mol. The maximum atomic E-state index is 13.7. The highest BCUT2D eigenvalue weighted by atomic mass is 19.1. The Morgan fingerprint density at radius 1 is 1.11 bits per heavy atom. The molecule has 0 saturated carbocycles. The maximum Gasteiger partial charge on any atom is 0.146 e. The molecule has 0 spiro atoms. The lowest BCUT2D eigenvalue weighted by molar-refractivity contribution is 0.584. The van der Waals surface area contributed by atoms with Crippen molar-refractivity contribution in [3.05, 3.63) is 41.5 Å². The molecule has 1 nitrogen and oxygen atoms in total. The van der Waals surface area contributed by atoms with E-state index in [0.29, 0.717) is 5.56 Å². The van der Waals surface area contributed by atoms with Gasteiger partial charge in [0.05, 0.1) is 5.69 Å². The Morgan fingerprint density at radius 3 is 2.78 bits per heavy atom. The van der Waals surface area contributed by atoms with Crippen molar-refractivity contribution in [2.24, 2.45) is 0 Å². The lowest BCUT2D eigenvalue weighted by Gasteiger charge is -2.19. The minimum atomic E-state index is -0.385. The average Bonchev–Trinajstić information content (AvgIpc) is 2.29. The third kappa shape index (κ3) is 3.31. The molecule has 0 radical (unpaired) electrons. The molecule has 1 unspecified atom stereocenters. The molecule has 2 rings (SSSR count). The molecular formula is C15H19F2N. The van der Waals surface area contributed by atoms with Crippen LogP contribution in [0.15, 0.2) is 24.3 Å². The zero-order valence-electron chi connectivity index (χ0n) is 10.7. The van der Waals surface area contributed by atoms with Gasteiger partial charge in [0.2, 0.25) is 0 Å². The highest BCUT2D eigenvalue weighted by Crippen LogP contribution is 2.22. The SMILES string of the molecule is Cc1cc(F)c(NC2/C=C/CCCCC2)cc1F. The number of allylic oxidation sites excluding steroid dienone is 1. The normalized spacial score (nSPS) is 22.1. The van der Waals surface area contributed by atoms with E-state index in [1.807, 2.05) is 0 Å². The molecule has 18 heavy (non-hydrogen) atoms. The molecule has 1 aliphatic rings. The van der Waals surface area contributed by atoms with Crippen LogP contribution in [0.1, 0.15) is 37.7 Å².